The lowest BCUT2D eigenvalue weighted by Gasteiger charge is -2.32. The summed E-state index contributed by atoms with van der Waals surface area (Å²) < 4.78 is 44.9. The van der Waals surface area contributed by atoms with E-state index < -0.39 is 32.9 Å². The number of likely N-dealkylation sites (tertiary alicyclic amines) is 1. The third kappa shape index (κ3) is 6.71. The molecule has 1 atom stereocenters. The van der Waals surface area contributed by atoms with E-state index in [0.29, 0.717) is 23.7 Å². The average Bonchev–Trinajstić information content (AvgIpc) is 3.78. The second-order valence-electron chi connectivity index (χ2n) is 15.3. The minimum Gasteiger partial charge on any atom is -0.481 e. The minimum atomic E-state index is -4.03. The first-order valence-corrected chi connectivity index (χ1v) is 19.3. The van der Waals surface area contributed by atoms with Crippen LogP contribution in [0.4, 0.5) is 0 Å². The van der Waals surface area contributed by atoms with Crippen LogP contribution in [0.5, 0.6) is 11.8 Å². The number of aliphatic carboxylic acids is 1. The molecule has 1 aliphatic carbocycles. The standard InChI is InChI=1S/C38H48N6O6S/c1-24-10-11-27(32(37(4,5)36(45)46)30-21-28-19-26(3)40-41-33(28)42(30)6)20-29(24)22-44-23-38(12-13-38)50-35-31(51(44,47)48)18-25(2)34(39-35)49-17-16-43-14-8-7-9-15-43/h10-11,18-21,32H,7-9,12-17,22-23H2,1-6H3,(H,45,46). The molecule has 0 radical (unpaired) electrons. The van der Waals surface area contributed by atoms with Gasteiger partial charge in [0.2, 0.25) is 21.8 Å². The molecule has 5 heterocycles. The first-order chi connectivity index (χ1) is 24.2. The maximum absolute atomic E-state index is 14.5. The maximum atomic E-state index is 14.5. The number of hydrogen-bond donors (Lipinski definition) is 1. The number of carboxylic acid groups (broad SMARTS) is 1. The zero-order valence-electron chi connectivity index (χ0n) is 30.4. The monoisotopic (exact) mass is 716 g/mol. The predicted molar refractivity (Wildman–Crippen MR) is 193 cm³/mol. The lowest BCUT2D eigenvalue weighted by atomic mass is 9.72. The average molecular weight is 717 g/mol. The third-order valence-electron chi connectivity index (χ3n) is 11.0. The van der Waals surface area contributed by atoms with Crippen LogP contribution in [0.3, 0.4) is 0 Å². The molecule has 0 bridgehead atoms. The summed E-state index contributed by atoms with van der Waals surface area (Å²) in [7, 11) is -2.15. The SMILES string of the molecule is Cc1cc2cc(C(c3ccc(C)c(CN4CC5(CC5)Oc5nc(OCCN6CCCCC6)c(C)cc5S4(=O)=O)c3)C(C)(C)C(=O)O)n(C)c2nn1. The van der Waals surface area contributed by atoms with Crippen LogP contribution in [0.25, 0.3) is 11.0 Å². The lowest BCUT2D eigenvalue weighted by Crippen LogP contribution is -2.38. The van der Waals surface area contributed by atoms with Gasteiger partial charge in [-0.3, -0.25) is 9.69 Å². The number of sulfonamides is 1. The Morgan fingerprint density at radius 3 is 2.49 bits per heavy atom. The molecule has 272 valence electrons. The zero-order chi connectivity index (χ0) is 36.3. The van der Waals surface area contributed by atoms with Gasteiger partial charge in [-0.25, -0.2) is 8.42 Å². The van der Waals surface area contributed by atoms with Crippen LogP contribution >= 0.6 is 0 Å². The second kappa shape index (κ2) is 13.2. The number of piperidine rings is 1. The quantitative estimate of drug-likeness (QED) is 0.223. The van der Waals surface area contributed by atoms with Crippen LogP contribution in [0.1, 0.15) is 85.5 Å². The number of fused-ring (bicyclic) bond motifs is 2. The first kappa shape index (κ1) is 35.3. The van der Waals surface area contributed by atoms with Gasteiger partial charge in [-0.05, 0) is 108 Å². The van der Waals surface area contributed by atoms with Gasteiger partial charge in [0.05, 0.1) is 17.7 Å². The van der Waals surface area contributed by atoms with E-state index in [4.69, 9.17) is 9.47 Å². The molecule has 4 aromatic rings. The molecule has 1 N–H and O–H groups in total. The fourth-order valence-electron chi connectivity index (χ4n) is 7.57. The van der Waals surface area contributed by atoms with Crippen molar-refractivity contribution in [2.45, 2.75) is 89.7 Å². The Morgan fingerprint density at radius 2 is 1.78 bits per heavy atom. The summed E-state index contributed by atoms with van der Waals surface area (Å²) >= 11 is 0. The summed E-state index contributed by atoms with van der Waals surface area (Å²) in [6.07, 6.45) is 5.10. The molecule has 7 rings (SSSR count). The highest BCUT2D eigenvalue weighted by Crippen LogP contribution is 2.48. The molecule has 1 unspecified atom stereocenters. The van der Waals surface area contributed by atoms with Gasteiger partial charge in [-0.1, -0.05) is 24.6 Å². The number of aromatic nitrogens is 4. The minimum absolute atomic E-state index is 0.0396. The summed E-state index contributed by atoms with van der Waals surface area (Å²) in [6.45, 7) is 12.8. The van der Waals surface area contributed by atoms with E-state index in [9.17, 15) is 18.3 Å². The number of nitrogens with zero attached hydrogens (tertiary/aromatic N) is 6. The molecule has 1 saturated carbocycles. The molecule has 3 aromatic heterocycles. The fourth-order valence-corrected chi connectivity index (χ4v) is 9.20. The Bertz CT molecular complexity index is 2100. The number of ether oxygens (including phenoxy) is 2. The molecule has 12 nitrogen and oxygen atoms in total. The van der Waals surface area contributed by atoms with Gasteiger partial charge in [-0.2, -0.15) is 14.4 Å². The largest absolute Gasteiger partial charge is 0.481 e. The van der Waals surface area contributed by atoms with Crippen LogP contribution in [-0.4, -0.2) is 86.8 Å². The van der Waals surface area contributed by atoms with Gasteiger partial charge in [-0.15, -0.1) is 5.10 Å². The zero-order valence-corrected chi connectivity index (χ0v) is 31.2. The van der Waals surface area contributed by atoms with E-state index in [1.54, 1.807) is 19.9 Å². The summed E-state index contributed by atoms with van der Waals surface area (Å²) in [5.41, 5.74) is 3.44. The van der Waals surface area contributed by atoms with Crippen molar-refractivity contribution in [3.05, 3.63) is 70.0 Å². The van der Waals surface area contributed by atoms with Crippen LogP contribution in [0.15, 0.2) is 41.3 Å². The first-order valence-electron chi connectivity index (χ1n) is 17.9. The van der Waals surface area contributed by atoms with Gasteiger partial charge in [0.25, 0.3) is 0 Å². The molecule has 13 heteroatoms. The molecular formula is C38H48N6O6S. The van der Waals surface area contributed by atoms with Crippen LogP contribution in [-0.2, 0) is 28.4 Å². The van der Waals surface area contributed by atoms with E-state index in [1.165, 1.54) is 23.6 Å². The number of carbonyl (C=O) groups is 1. The maximum Gasteiger partial charge on any atom is 0.310 e. The number of rotatable bonds is 10. The number of pyridine rings is 1. The number of benzene rings is 1. The predicted octanol–water partition coefficient (Wildman–Crippen LogP) is 5.51. The molecule has 51 heavy (non-hydrogen) atoms. The molecule has 2 aliphatic heterocycles. The Kier molecular flexibility index (Phi) is 9.12. The molecular weight excluding hydrogens is 669 g/mol. The van der Waals surface area contributed by atoms with Crippen molar-refractivity contribution in [1.82, 2.24) is 29.0 Å². The normalized spacial score (nSPS) is 19.3. The van der Waals surface area contributed by atoms with Crippen molar-refractivity contribution < 1.29 is 27.8 Å². The Morgan fingerprint density at radius 1 is 1.04 bits per heavy atom. The highest BCUT2D eigenvalue weighted by molar-refractivity contribution is 7.89. The molecule has 1 spiro atoms. The highest BCUT2D eigenvalue weighted by atomic mass is 32.2. The Hall–Kier alpha value is -4.07. The summed E-state index contributed by atoms with van der Waals surface area (Å²) in [5.74, 6) is -1.03. The van der Waals surface area contributed by atoms with Gasteiger partial charge in [0, 0.05) is 42.7 Å². The van der Waals surface area contributed by atoms with E-state index in [1.807, 2.05) is 62.7 Å². The van der Waals surface area contributed by atoms with Crippen molar-refractivity contribution in [2.24, 2.45) is 12.5 Å². The molecule has 3 aliphatic rings. The summed E-state index contributed by atoms with van der Waals surface area (Å²) in [6, 6.07) is 11.4. The number of hydrogen-bond acceptors (Lipinski definition) is 9. The fraction of sp³-hybridized carbons (Fsp3) is 0.526. The highest BCUT2D eigenvalue weighted by Gasteiger charge is 2.53. The van der Waals surface area contributed by atoms with Gasteiger partial charge >= 0.3 is 5.97 Å². The van der Waals surface area contributed by atoms with Gasteiger partial charge in [0.15, 0.2) is 5.65 Å². The number of aryl methyl sites for hydroxylation is 4. The summed E-state index contributed by atoms with van der Waals surface area (Å²) in [5, 5.41) is 20.0. The van der Waals surface area contributed by atoms with Crippen molar-refractivity contribution in [3.63, 3.8) is 0 Å². The van der Waals surface area contributed by atoms with Crippen molar-refractivity contribution in [1.29, 1.82) is 0 Å². The van der Waals surface area contributed by atoms with Crippen LogP contribution in [0.2, 0.25) is 0 Å². The van der Waals surface area contributed by atoms with Crippen molar-refractivity contribution in [3.8, 4) is 11.8 Å². The Labute approximate surface area is 299 Å². The van der Waals surface area contributed by atoms with E-state index in [2.05, 4.69) is 20.1 Å². The number of carboxylic acids is 1. The smallest absolute Gasteiger partial charge is 0.310 e. The molecule has 1 saturated heterocycles. The van der Waals surface area contributed by atoms with Gasteiger partial charge in [0.1, 0.15) is 17.1 Å². The van der Waals surface area contributed by atoms with Crippen molar-refractivity contribution in [2.75, 3.05) is 32.8 Å². The van der Waals surface area contributed by atoms with Crippen LogP contribution in [0, 0.1) is 26.2 Å². The second-order valence-corrected chi connectivity index (χ2v) is 17.2. The van der Waals surface area contributed by atoms with E-state index in [-0.39, 0.29) is 23.9 Å². The van der Waals surface area contributed by atoms with Crippen molar-refractivity contribution >= 4 is 27.0 Å². The molecule has 0 amide bonds. The third-order valence-corrected chi connectivity index (χ3v) is 12.7. The Balaban J connectivity index is 1.22. The van der Waals surface area contributed by atoms with Gasteiger partial charge < -0.3 is 19.1 Å². The topological polar surface area (TPSA) is 140 Å². The van der Waals surface area contributed by atoms with E-state index in [0.717, 1.165) is 65.9 Å². The van der Waals surface area contributed by atoms with E-state index >= 15 is 0 Å². The summed E-state index contributed by atoms with van der Waals surface area (Å²) in [4.78, 5) is 19.9. The van der Waals surface area contributed by atoms with Crippen LogP contribution < -0.4 is 9.47 Å². The molecule has 2 fully saturated rings. The molecule has 1 aromatic carbocycles. The lowest BCUT2D eigenvalue weighted by molar-refractivity contribution is -0.147.